The van der Waals surface area contributed by atoms with Crippen molar-refractivity contribution >= 4 is 0 Å². The van der Waals surface area contributed by atoms with Gasteiger partial charge in [-0.1, -0.05) is 0 Å². The summed E-state index contributed by atoms with van der Waals surface area (Å²) >= 11 is 0. The highest BCUT2D eigenvalue weighted by Gasteiger charge is 2.24. The molecule has 0 heterocycles. The molecule has 1 rings (SSSR count). The molecule has 0 N–H and O–H groups in total. The van der Waals surface area contributed by atoms with E-state index in [4.69, 9.17) is 4.74 Å². The van der Waals surface area contributed by atoms with Crippen molar-refractivity contribution in [3.63, 3.8) is 0 Å². The van der Waals surface area contributed by atoms with Crippen LogP contribution in [0.3, 0.4) is 0 Å². The predicted octanol–water partition coefficient (Wildman–Crippen LogP) is 3.42. The Morgan fingerprint density at radius 1 is 0.933 bits per heavy atom. The van der Waals surface area contributed by atoms with Crippen LogP contribution in [0, 0.1) is 23.3 Å². The summed E-state index contributed by atoms with van der Waals surface area (Å²) in [5, 5.41) is 0. The third-order valence-corrected chi connectivity index (χ3v) is 1.48. The lowest BCUT2D eigenvalue weighted by molar-refractivity contribution is 0.115. The van der Waals surface area contributed by atoms with Crippen molar-refractivity contribution in [2.24, 2.45) is 0 Å². The lowest BCUT2D eigenvalue weighted by Gasteiger charge is -2.22. The summed E-state index contributed by atoms with van der Waals surface area (Å²) in [6.45, 7) is 4.60. The number of benzene rings is 1. The van der Waals surface area contributed by atoms with Crippen LogP contribution in [0.15, 0.2) is 6.07 Å². The molecule has 0 aliphatic heterocycles. The normalized spacial score (nSPS) is 11.7. The Balaban J connectivity index is 3.24. The molecule has 0 saturated heterocycles. The Labute approximate surface area is 84.7 Å². The number of rotatable bonds is 1. The molecule has 5 heteroatoms. The van der Waals surface area contributed by atoms with Gasteiger partial charge in [-0.15, -0.1) is 0 Å². The van der Waals surface area contributed by atoms with E-state index in [-0.39, 0.29) is 6.07 Å². The number of halogens is 4. The fraction of sp³-hybridized carbons (Fsp3) is 0.400. The molecule has 84 valence electrons. The van der Waals surface area contributed by atoms with E-state index >= 15 is 0 Å². The Kier molecular flexibility index (Phi) is 2.93. The summed E-state index contributed by atoms with van der Waals surface area (Å²) in [7, 11) is 0. The molecule has 0 unspecified atom stereocenters. The Hall–Kier alpha value is -1.26. The van der Waals surface area contributed by atoms with Gasteiger partial charge in [-0.05, 0) is 20.8 Å². The molecule has 0 aliphatic rings. The molecule has 0 saturated carbocycles. The van der Waals surface area contributed by atoms with Crippen LogP contribution in [0.4, 0.5) is 17.6 Å². The highest BCUT2D eigenvalue weighted by atomic mass is 19.2. The predicted molar refractivity (Wildman–Crippen MR) is 46.7 cm³/mol. The van der Waals surface area contributed by atoms with Gasteiger partial charge in [-0.3, -0.25) is 0 Å². The fourth-order valence-corrected chi connectivity index (χ4v) is 0.949. The summed E-state index contributed by atoms with van der Waals surface area (Å²) in [4.78, 5) is 0. The van der Waals surface area contributed by atoms with Gasteiger partial charge in [0.1, 0.15) is 5.60 Å². The largest absolute Gasteiger partial charge is 0.482 e. The zero-order valence-electron chi connectivity index (χ0n) is 8.50. The number of hydrogen-bond acceptors (Lipinski definition) is 1. The minimum Gasteiger partial charge on any atom is -0.482 e. The average Bonchev–Trinajstić information content (AvgIpc) is 2.07. The maximum absolute atomic E-state index is 13.1. The number of hydrogen-bond donors (Lipinski definition) is 0. The van der Waals surface area contributed by atoms with E-state index < -0.39 is 34.6 Å². The van der Waals surface area contributed by atoms with Gasteiger partial charge < -0.3 is 4.74 Å². The second-order valence-corrected chi connectivity index (χ2v) is 4.01. The molecule has 0 atom stereocenters. The minimum atomic E-state index is -1.74. The van der Waals surface area contributed by atoms with E-state index in [2.05, 4.69) is 0 Å². The first-order valence-corrected chi connectivity index (χ1v) is 4.24. The Morgan fingerprint density at radius 2 is 1.47 bits per heavy atom. The molecular formula is C10H10F4O. The van der Waals surface area contributed by atoms with Gasteiger partial charge in [-0.2, -0.15) is 4.39 Å². The number of ether oxygens (including phenoxy) is 1. The second kappa shape index (κ2) is 3.72. The molecule has 0 aromatic heterocycles. The molecular weight excluding hydrogens is 212 g/mol. The molecule has 0 spiro atoms. The first kappa shape index (κ1) is 11.8. The standard InChI is InChI=1S/C10H10F4O/c1-10(2,3)15-9-6(12)4-5(11)7(13)8(9)14/h4H,1-3H3. The van der Waals surface area contributed by atoms with Crippen LogP contribution in [-0.4, -0.2) is 5.60 Å². The van der Waals surface area contributed by atoms with E-state index in [1.54, 1.807) is 0 Å². The first-order valence-electron chi connectivity index (χ1n) is 4.24. The maximum atomic E-state index is 13.1. The van der Waals surface area contributed by atoms with Gasteiger partial charge in [0.05, 0.1) is 0 Å². The van der Waals surface area contributed by atoms with Gasteiger partial charge in [0.15, 0.2) is 23.2 Å². The van der Waals surface area contributed by atoms with Crippen LogP contribution in [0.25, 0.3) is 0 Å². The fourth-order valence-electron chi connectivity index (χ4n) is 0.949. The van der Waals surface area contributed by atoms with Crippen LogP contribution < -0.4 is 4.74 Å². The van der Waals surface area contributed by atoms with Crippen LogP contribution in [0.1, 0.15) is 20.8 Å². The highest BCUT2D eigenvalue weighted by molar-refractivity contribution is 5.28. The first-order chi connectivity index (χ1) is 6.72. The summed E-state index contributed by atoms with van der Waals surface area (Å²) in [5.74, 6) is -7.13. The smallest absolute Gasteiger partial charge is 0.206 e. The van der Waals surface area contributed by atoms with E-state index in [0.29, 0.717) is 0 Å². The molecule has 1 aromatic carbocycles. The molecule has 1 nitrogen and oxygen atoms in total. The van der Waals surface area contributed by atoms with Crippen LogP contribution in [0.2, 0.25) is 0 Å². The third kappa shape index (κ3) is 2.61. The topological polar surface area (TPSA) is 9.23 Å². The lowest BCUT2D eigenvalue weighted by Crippen LogP contribution is -2.24. The molecule has 0 fully saturated rings. The average molecular weight is 222 g/mol. The van der Waals surface area contributed by atoms with Crippen LogP contribution >= 0.6 is 0 Å². The van der Waals surface area contributed by atoms with Gasteiger partial charge in [0, 0.05) is 6.07 Å². The Bertz CT molecular complexity index is 382. The SMILES string of the molecule is CC(C)(C)Oc1c(F)cc(F)c(F)c1F. The zero-order chi connectivity index (χ0) is 11.8. The van der Waals surface area contributed by atoms with E-state index in [1.165, 1.54) is 20.8 Å². The van der Waals surface area contributed by atoms with Crippen molar-refractivity contribution in [3.8, 4) is 5.75 Å². The van der Waals surface area contributed by atoms with E-state index in [0.717, 1.165) is 0 Å². The molecule has 15 heavy (non-hydrogen) atoms. The quantitative estimate of drug-likeness (QED) is 0.402. The van der Waals surface area contributed by atoms with Crippen molar-refractivity contribution in [1.82, 2.24) is 0 Å². The molecule has 1 aromatic rings. The highest BCUT2D eigenvalue weighted by Crippen LogP contribution is 2.28. The summed E-state index contributed by atoms with van der Waals surface area (Å²) < 4.78 is 56.3. The zero-order valence-corrected chi connectivity index (χ0v) is 8.50. The third-order valence-electron chi connectivity index (χ3n) is 1.48. The maximum Gasteiger partial charge on any atom is 0.206 e. The summed E-state index contributed by atoms with van der Waals surface area (Å²) in [5.41, 5.74) is -0.897. The monoisotopic (exact) mass is 222 g/mol. The van der Waals surface area contributed by atoms with Crippen molar-refractivity contribution in [1.29, 1.82) is 0 Å². The summed E-state index contributed by atoms with van der Waals surface area (Å²) in [6.07, 6.45) is 0. The summed E-state index contributed by atoms with van der Waals surface area (Å²) in [6, 6.07) is 0.249. The van der Waals surface area contributed by atoms with E-state index in [1.807, 2.05) is 0 Å². The van der Waals surface area contributed by atoms with Gasteiger partial charge in [0.2, 0.25) is 5.82 Å². The minimum absolute atomic E-state index is 0.249. The van der Waals surface area contributed by atoms with Crippen molar-refractivity contribution in [2.45, 2.75) is 26.4 Å². The van der Waals surface area contributed by atoms with E-state index in [9.17, 15) is 17.6 Å². The van der Waals surface area contributed by atoms with Crippen molar-refractivity contribution < 1.29 is 22.3 Å². The molecule has 0 bridgehead atoms. The Morgan fingerprint density at radius 3 is 1.93 bits per heavy atom. The lowest BCUT2D eigenvalue weighted by atomic mass is 10.2. The van der Waals surface area contributed by atoms with Gasteiger partial charge in [-0.25, -0.2) is 13.2 Å². The molecule has 0 aliphatic carbocycles. The molecule has 0 amide bonds. The van der Waals surface area contributed by atoms with Crippen LogP contribution in [0.5, 0.6) is 5.75 Å². The van der Waals surface area contributed by atoms with Gasteiger partial charge in [0.25, 0.3) is 0 Å². The van der Waals surface area contributed by atoms with Crippen molar-refractivity contribution in [3.05, 3.63) is 29.3 Å². The second-order valence-electron chi connectivity index (χ2n) is 4.01. The van der Waals surface area contributed by atoms with Gasteiger partial charge >= 0.3 is 0 Å². The van der Waals surface area contributed by atoms with Crippen molar-refractivity contribution in [2.75, 3.05) is 0 Å². The van der Waals surface area contributed by atoms with Crippen LogP contribution in [-0.2, 0) is 0 Å². The molecule has 0 radical (unpaired) electrons.